The van der Waals surface area contributed by atoms with Crippen molar-refractivity contribution in [2.24, 2.45) is 0 Å². The number of aryl methyl sites for hydroxylation is 1. The normalized spacial score (nSPS) is 11.7. The molecule has 0 atom stereocenters. The summed E-state index contributed by atoms with van der Waals surface area (Å²) in [6.07, 6.45) is 0.936. The van der Waals surface area contributed by atoms with Crippen molar-refractivity contribution < 1.29 is 27.5 Å². The number of esters is 1. The second kappa shape index (κ2) is 10.8. The van der Waals surface area contributed by atoms with Gasteiger partial charge in [0.25, 0.3) is 5.91 Å². The Hall–Kier alpha value is -2.91. The summed E-state index contributed by atoms with van der Waals surface area (Å²) in [4.78, 5) is 26.2. The summed E-state index contributed by atoms with van der Waals surface area (Å²) in [7, 11) is -0.993. The summed E-state index contributed by atoms with van der Waals surface area (Å²) in [6.45, 7) is 7.10. The quantitative estimate of drug-likeness (QED) is 0.558. The van der Waals surface area contributed by atoms with Crippen molar-refractivity contribution in [2.45, 2.75) is 51.1 Å². The zero-order valence-corrected chi connectivity index (χ0v) is 20.8. The highest BCUT2D eigenvalue weighted by molar-refractivity contribution is 7.89. The van der Waals surface area contributed by atoms with Gasteiger partial charge < -0.3 is 14.4 Å². The van der Waals surface area contributed by atoms with Crippen molar-refractivity contribution in [1.82, 2.24) is 9.62 Å². The van der Waals surface area contributed by atoms with E-state index in [1.807, 2.05) is 24.3 Å². The minimum Gasteiger partial charge on any atom is -0.495 e. The molecule has 0 unspecified atom stereocenters. The van der Waals surface area contributed by atoms with Crippen molar-refractivity contribution in [2.75, 3.05) is 20.8 Å². The fraction of sp³-hybridized carbons (Fsp3) is 0.417. The molecule has 0 fully saturated rings. The third-order valence-electron chi connectivity index (χ3n) is 4.73. The first-order valence-corrected chi connectivity index (χ1v) is 12.1. The van der Waals surface area contributed by atoms with Crippen LogP contribution in [0.5, 0.6) is 5.75 Å². The number of hydrogen-bond acceptors (Lipinski definition) is 6. The number of amides is 1. The molecule has 0 aliphatic carbocycles. The number of nitrogens with zero attached hydrogens (tertiary/aromatic N) is 1. The Morgan fingerprint density at radius 3 is 2.18 bits per heavy atom. The zero-order chi connectivity index (χ0) is 24.8. The second-order valence-electron chi connectivity index (χ2n) is 8.72. The molecule has 0 heterocycles. The van der Waals surface area contributed by atoms with Crippen LogP contribution in [0.4, 0.5) is 0 Å². The van der Waals surface area contributed by atoms with E-state index < -0.39 is 28.1 Å². The molecule has 33 heavy (non-hydrogen) atoms. The number of nitrogens with one attached hydrogen (secondary N) is 1. The molecular formula is C24H32N2O6S. The molecule has 2 rings (SSSR count). The van der Waals surface area contributed by atoms with E-state index in [0.717, 1.165) is 12.0 Å². The van der Waals surface area contributed by atoms with Crippen molar-refractivity contribution in [3.8, 4) is 5.75 Å². The second-order valence-corrected chi connectivity index (χ2v) is 10.4. The van der Waals surface area contributed by atoms with Gasteiger partial charge in [-0.25, -0.2) is 17.9 Å². The number of sulfonamides is 1. The summed E-state index contributed by atoms with van der Waals surface area (Å²) >= 11 is 0. The summed E-state index contributed by atoms with van der Waals surface area (Å²) in [5.74, 6) is -1.09. The smallest absolute Gasteiger partial charge is 0.338 e. The zero-order valence-electron chi connectivity index (χ0n) is 20.0. The van der Waals surface area contributed by atoms with E-state index >= 15 is 0 Å². The highest BCUT2D eigenvalue weighted by atomic mass is 32.2. The van der Waals surface area contributed by atoms with Crippen LogP contribution in [0.2, 0.25) is 0 Å². The van der Waals surface area contributed by atoms with E-state index in [9.17, 15) is 18.0 Å². The number of likely N-dealkylation sites (N-methyl/N-ethyl adjacent to an activating group) is 1. The monoisotopic (exact) mass is 476 g/mol. The van der Waals surface area contributed by atoms with Gasteiger partial charge in [-0.15, -0.1) is 0 Å². The first kappa shape index (κ1) is 26.3. The number of carbonyl (C=O) groups is 2. The van der Waals surface area contributed by atoms with Gasteiger partial charge in [0.2, 0.25) is 10.0 Å². The van der Waals surface area contributed by atoms with Gasteiger partial charge in [-0.2, -0.15) is 0 Å². The molecule has 1 N–H and O–H groups in total. The molecule has 8 nitrogen and oxygen atoms in total. The predicted octanol–water partition coefficient (Wildman–Crippen LogP) is 3.15. The Balaban J connectivity index is 2.07. The molecule has 0 aromatic heterocycles. The average Bonchev–Trinajstić information content (AvgIpc) is 2.75. The van der Waals surface area contributed by atoms with E-state index in [4.69, 9.17) is 9.47 Å². The number of methoxy groups -OCH3 is 1. The lowest BCUT2D eigenvalue weighted by Crippen LogP contribution is -2.40. The molecular weight excluding hydrogens is 444 g/mol. The molecule has 180 valence electrons. The van der Waals surface area contributed by atoms with E-state index in [1.165, 1.54) is 35.8 Å². The molecule has 0 aliphatic rings. The molecule has 0 radical (unpaired) electrons. The van der Waals surface area contributed by atoms with Crippen LogP contribution in [-0.2, 0) is 32.5 Å². The molecule has 2 aromatic carbocycles. The topological polar surface area (TPSA) is 102 Å². The number of carbonyl (C=O) groups excluding carboxylic acids is 2. The molecule has 0 aliphatic heterocycles. The lowest BCUT2D eigenvalue weighted by Gasteiger charge is -2.21. The minimum atomic E-state index is -3.96. The van der Waals surface area contributed by atoms with Crippen LogP contribution in [0.3, 0.4) is 0 Å². The van der Waals surface area contributed by atoms with Gasteiger partial charge in [0, 0.05) is 19.1 Å². The highest BCUT2D eigenvalue weighted by Gasteiger charge is 2.27. The van der Waals surface area contributed by atoms with E-state index in [2.05, 4.69) is 11.6 Å². The maximum absolute atomic E-state index is 12.8. The van der Waals surface area contributed by atoms with Crippen LogP contribution in [-0.4, -0.2) is 51.5 Å². The molecule has 0 spiro atoms. The molecule has 2 aromatic rings. The third kappa shape index (κ3) is 7.57. The Morgan fingerprint density at radius 1 is 1.03 bits per heavy atom. The lowest BCUT2D eigenvalue weighted by atomic mass is 10.1. The standard InChI is InChI=1S/C24H32N2O6S/c1-7-17-8-10-18(11-9-17)15-26(5)22(27)16-32-23(28)19-12-13-20(31-6)21(14-19)33(29,30)25-24(2,3)4/h8-14,25H,7,15-16H2,1-6H3. The molecule has 0 bridgehead atoms. The molecule has 9 heteroatoms. The van der Waals surface area contributed by atoms with Crippen molar-refractivity contribution >= 4 is 21.9 Å². The van der Waals surface area contributed by atoms with Gasteiger partial charge in [0.15, 0.2) is 6.61 Å². The maximum Gasteiger partial charge on any atom is 0.338 e. The number of rotatable bonds is 9. The molecule has 1 amide bonds. The van der Waals surface area contributed by atoms with Gasteiger partial charge in [-0.1, -0.05) is 31.2 Å². The van der Waals surface area contributed by atoms with E-state index in [1.54, 1.807) is 27.8 Å². The lowest BCUT2D eigenvalue weighted by molar-refractivity contribution is -0.133. The Kier molecular flexibility index (Phi) is 8.63. The number of benzene rings is 2. The highest BCUT2D eigenvalue weighted by Crippen LogP contribution is 2.26. The first-order valence-electron chi connectivity index (χ1n) is 10.6. The summed E-state index contributed by atoms with van der Waals surface area (Å²) in [6, 6.07) is 11.9. The van der Waals surface area contributed by atoms with Crippen molar-refractivity contribution in [3.05, 3.63) is 59.2 Å². The van der Waals surface area contributed by atoms with Gasteiger partial charge >= 0.3 is 5.97 Å². The SMILES string of the molecule is CCc1ccc(CN(C)C(=O)COC(=O)c2ccc(OC)c(S(=O)(=O)NC(C)(C)C)c2)cc1. The summed E-state index contributed by atoms with van der Waals surface area (Å²) < 4.78 is 38.4. The Labute approximate surface area is 195 Å². The van der Waals surface area contributed by atoms with Gasteiger partial charge in [-0.3, -0.25) is 4.79 Å². The van der Waals surface area contributed by atoms with E-state index in [0.29, 0.717) is 6.54 Å². The number of ether oxygens (including phenoxy) is 2. The molecule has 0 saturated heterocycles. The van der Waals surface area contributed by atoms with Crippen LogP contribution in [0.15, 0.2) is 47.4 Å². The largest absolute Gasteiger partial charge is 0.495 e. The maximum atomic E-state index is 12.8. The van der Waals surface area contributed by atoms with Gasteiger partial charge in [0.05, 0.1) is 12.7 Å². The molecule has 0 saturated carbocycles. The summed E-state index contributed by atoms with van der Waals surface area (Å²) in [5.41, 5.74) is 1.44. The fourth-order valence-electron chi connectivity index (χ4n) is 3.03. The van der Waals surface area contributed by atoms with Crippen molar-refractivity contribution in [1.29, 1.82) is 0 Å². The predicted molar refractivity (Wildman–Crippen MR) is 126 cm³/mol. The third-order valence-corrected chi connectivity index (χ3v) is 6.51. The van der Waals surface area contributed by atoms with E-state index in [-0.39, 0.29) is 22.1 Å². The first-order chi connectivity index (χ1) is 15.4. The summed E-state index contributed by atoms with van der Waals surface area (Å²) in [5, 5.41) is 0. The van der Waals surface area contributed by atoms with Gasteiger partial charge in [-0.05, 0) is 56.5 Å². The van der Waals surface area contributed by atoms with Crippen LogP contribution >= 0.6 is 0 Å². The minimum absolute atomic E-state index is 0.00399. The van der Waals surface area contributed by atoms with Crippen LogP contribution in [0.25, 0.3) is 0 Å². The van der Waals surface area contributed by atoms with Crippen LogP contribution < -0.4 is 9.46 Å². The Bertz CT molecular complexity index is 1090. The van der Waals surface area contributed by atoms with Crippen LogP contribution in [0, 0.1) is 0 Å². The fourth-order valence-corrected chi connectivity index (χ4v) is 4.65. The van der Waals surface area contributed by atoms with Crippen molar-refractivity contribution in [3.63, 3.8) is 0 Å². The average molecular weight is 477 g/mol. The van der Waals surface area contributed by atoms with Crippen LogP contribution in [0.1, 0.15) is 49.2 Å². The Morgan fingerprint density at radius 2 is 1.64 bits per heavy atom. The van der Waals surface area contributed by atoms with Gasteiger partial charge in [0.1, 0.15) is 10.6 Å². The number of hydrogen-bond donors (Lipinski definition) is 1.